The molecule has 0 saturated heterocycles. The van der Waals surface area contributed by atoms with Crippen LogP contribution in [0.4, 0.5) is 26.3 Å². The molecular weight excluding hydrogens is 392 g/mol. The lowest BCUT2D eigenvalue weighted by atomic mass is 10.0. The van der Waals surface area contributed by atoms with Crippen molar-refractivity contribution in [3.05, 3.63) is 70.3 Å². The molecule has 2 rings (SSSR count). The molecule has 0 spiro atoms. The topological polar surface area (TPSA) is 55.4 Å². The van der Waals surface area contributed by atoms with Crippen molar-refractivity contribution in [2.45, 2.75) is 18.9 Å². The Kier molecular flexibility index (Phi) is 6.01. The van der Waals surface area contributed by atoms with E-state index < -0.39 is 40.9 Å². The summed E-state index contributed by atoms with van der Waals surface area (Å²) in [6.07, 6.45) is -10.1. The lowest BCUT2D eigenvalue weighted by Crippen LogP contribution is -2.24. The lowest BCUT2D eigenvalue weighted by Gasteiger charge is -2.14. The Morgan fingerprint density at radius 1 is 0.857 bits per heavy atom. The number of methoxy groups -OCH3 is 1. The summed E-state index contributed by atoms with van der Waals surface area (Å²) >= 11 is 0. The molecule has 2 aromatic carbocycles. The standard InChI is InChI=1S/C18H13F6NO3/c1-28-16(27)11-4-2-10(3-5-11)9-25-15(26)12-6-13(17(19,20)21)8-14(7-12)18(22,23)24/h2-8H,9H2,1H3,(H,25,26). The van der Waals surface area contributed by atoms with Crippen LogP contribution in [-0.2, 0) is 23.6 Å². The maximum absolute atomic E-state index is 12.8. The van der Waals surface area contributed by atoms with Gasteiger partial charge in [-0.3, -0.25) is 4.79 Å². The van der Waals surface area contributed by atoms with Crippen LogP contribution in [-0.4, -0.2) is 19.0 Å². The van der Waals surface area contributed by atoms with Gasteiger partial charge in [-0.1, -0.05) is 12.1 Å². The third kappa shape index (κ3) is 5.24. The largest absolute Gasteiger partial charge is 0.465 e. The van der Waals surface area contributed by atoms with Crippen molar-refractivity contribution in [1.29, 1.82) is 0 Å². The molecule has 0 aliphatic carbocycles. The summed E-state index contributed by atoms with van der Waals surface area (Å²) in [4.78, 5) is 23.4. The maximum Gasteiger partial charge on any atom is 0.416 e. The number of carbonyl (C=O) groups excluding carboxylic acids is 2. The average molecular weight is 405 g/mol. The number of alkyl halides is 6. The van der Waals surface area contributed by atoms with Crippen molar-refractivity contribution in [3.63, 3.8) is 0 Å². The van der Waals surface area contributed by atoms with Gasteiger partial charge in [-0.15, -0.1) is 0 Å². The summed E-state index contributed by atoms with van der Waals surface area (Å²) in [5.74, 6) is -1.69. The predicted molar refractivity (Wildman–Crippen MR) is 85.4 cm³/mol. The SMILES string of the molecule is COC(=O)c1ccc(CNC(=O)c2cc(C(F)(F)F)cc(C(F)(F)F)c2)cc1. The van der Waals surface area contributed by atoms with Gasteiger partial charge >= 0.3 is 18.3 Å². The first-order chi connectivity index (χ1) is 12.9. The first-order valence-electron chi connectivity index (χ1n) is 7.67. The third-order valence-electron chi connectivity index (χ3n) is 3.68. The number of esters is 1. The minimum atomic E-state index is -5.04. The van der Waals surface area contributed by atoms with Crippen LogP contribution < -0.4 is 5.32 Å². The first kappa shape index (κ1) is 21.3. The average Bonchev–Trinajstić information content (AvgIpc) is 2.64. The van der Waals surface area contributed by atoms with E-state index in [0.29, 0.717) is 17.7 Å². The van der Waals surface area contributed by atoms with Crippen LogP contribution in [0.1, 0.15) is 37.4 Å². The second kappa shape index (κ2) is 7.91. The molecule has 0 saturated carbocycles. The number of halogens is 6. The molecule has 0 heterocycles. The molecular formula is C18H13F6NO3. The minimum Gasteiger partial charge on any atom is -0.465 e. The van der Waals surface area contributed by atoms with E-state index in [9.17, 15) is 35.9 Å². The molecule has 1 amide bonds. The molecule has 1 N–H and O–H groups in total. The summed E-state index contributed by atoms with van der Waals surface area (Å²) in [7, 11) is 1.20. The van der Waals surface area contributed by atoms with Crippen LogP contribution in [0.3, 0.4) is 0 Å². The monoisotopic (exact) mass is 405 g/mol. The van der Waals surface area contributed by atoms with Crippen molar-refractivity contribution < 1.29 is 40.7 Å². The fraction of sp³-hybridized carbons (Fsp3) is 0.222. The Morgan fingerprint density at radius 3 is 1.79 bits per heavy atom. The predicted octanol–water partition coefficient (Wildman–Crippen LogP) is 4.44. The van der Waals surface area contributed by atoms with E-state index in [0.717, 1.165) is 0 Å². The molecule has 0 atom stereocenters. The summed E-state index contributed by atoms with van der Waals surface area (Å²) in [6, 6.07) is 6.37. The smallest absolute Gasteiger partial charge is 0.416 e. The van der Waals surface area contributed by atoms with E-state index in [1.165, 1.54) is 31.4 Å². The van der Waals surface area contributed by atoms with Gasteiger partial charge in [0.25, 0.3) is 5.91 Å². The van der Waals surface area contributed by atoms with Gasteiger partial charge in [0.2, 0.25) is 0 Å². The maximum atomic E-state index is 12.8. The normalized spacial score (nSPS) is 11.8. The Bertz CT molecular complexity index is 840. The van der Waals surface area contributed by atoms with E-state index in [-0.39, 0.29) is 18.2 Å². The Hall–Kier alpha value is -3.04. The summed E-state index contributed by atoms with van der Waals surface area (Å²) < 4.78 is 81.6. The van der Waals surface area contributed by atoms with Crippen LogP contribution in [0.2, 0.25) is 0 Å². The highest BCUT2D eigenvalue weighted by Crippen LogP contribution is 2.36. The Balaban J connectivity index is 2.20. The zero-order valence-corrected chi connectivity index (χ0v) is 14.2. The van der Waals surface area contributed by atoms with Gasteiger partial charge in [-0.2, -0.15) is 26.3 Å². The number of hydrogen-bond donors (Lipinski definition) is 1. The van der Waals surface area contributed by atoms with Gasteiger partial charge in [0.15, 0.2) is 0 Å². The zero-order chi connectivity index (χ0) is 21.1. The molecule has 150 valence electrons. The molecule has 2 aromatic rings. The van der Waals surface area contributed by atoms with Gasteiger partial charge in [-0.05, 0) is 35.9 Å². The number of nitrogens with one attached hydrogen (secondary N) is 1. The van der Waals surface area contributed by atoms with Crippen LogP contribution in [0.25, 0.3) is 0 Å². The van der Waals surface area contributed by atoms with Gasteiger partial charge in [0.05, 0.1) is 23.8 Å². The molecule has 0 aliphatic rings. The zero-order valence-electron chi connectivity index (χ0n) is 14.2. The fourth-order valence-corrected chi connectivity index (χ4v) is 2.25. The Morgan fingerprint density at radius 2 is 1.36 bits per heavy atom. The number of amides is 1. The molecule has 0 fully saturated rings. The van der Waals surface area contributed by atoms with Gasteiger partial charge in [0, 0.05) is 12.1 Å². The van der Waals surface area contributed by atoms with Crippen molar-refractivity contribution in [1.82, 2.24) is 5.32 Å². The second-order valence-electron chi connectivity index (χ2n) is 5.67. The summed E-state index contributed by atoms with van der Waals surface area (Å²) in [5, 5.41) is 2.25. The fourth-order valence-electron chi connectivity index (χ4n) is 2.25. The van der Waals surface area contributed by atoms with Crippen molar-refractivity contribution in [3.8, 4) is 0 Å². The molecule has 0 aliphatic heterocycles. The lowest BCUT2D eigenvalue weighted by molar-refractivity contribution is -0.143. The molecule has 0 unspecified atom stereocenters. The number of hydrogen-bond acceptors (Lipinski definition) is 3. The molecule has 0 aromatic heterocycles. The van der Waals surface area contributed by atoms with Crippen LogP contribution in [0.5, 0.6) is 0 Å². The van der Waals surface area contributed by atoms with E-state index in [4.69, 9.17) is 0 Å². The number of carbonyl (C=O) groups is 2. The summed E-state index contributed by atoms with van der Waals surface area (Å²) in [6.45, 7) is -0.169. The van der Waals surface area contributed by atoms with Crippen molar-refractivity contribution in [2.75, 3.05) is 7.11 Å². The van der Waals surface area contributed by atoms with Crippen LogP contribution >= 0.6 is 0 Å². The highest BCUT2D eigenvalue weighted by molar-refractivity contribution is 5.94. The molecule has 4 nitrogen and oxygen atoms in total. The van der Waals surface area contributed by atoms with E-state index in [2.05, 4.69) is 10.1 Å². The molecule has 28 heavy (non-hydrogen) atoms. The third-order valence-corrected chi connectivity index (χ3v) is 3.68. The number of ether oxygens (including phenoxy) is 1. The van der Waals surface area contributed by atoms with Crippen molar-refractivity contribution >= 4 is 11.9 Å². The second-order valence-corrected chi connectivity index (χ2v) is 5.67. The van der Waals surface area contributed by atoms with Gasteiger partial charge in [0.1, 0.15) is 0 Å². The van der Waals surface area contributed by atoms with Crippen LogP contribution in [0.15, 0.2) is 42.5 Å². The summed E-state index contributed by atoms with van der Waals surface area (Å²) in [5.41, 5.74) is -3.20. The quantitative estimate of drug-likeness (QED) is 0.605. The number of rotatable bonds is 4. The number of benzene rings is 2. The highest BCUT2D eigenvalue weighted by Gasteiger charge is 2.37. The molecule has 10 heteroatoms. The highest BCUT2D eigenvalue weighted by atomic mass is 19.4. The van der Waals surface area contributed by atoms with Crippen LogP contribution in [0, 0.1) is 0 Å². The van der Waals surface area contributed by atoms with Crippen molar-refractivity contribution in [2.24, 2.45) is 0 Å². The first-order valence-corrected chi connectivity index (χ1v) is 7.67. The van der Waals surface area contributed by atoms with E-state index in [1.807, 2.05) is 0 Å². The van der Waals surface area contributed by atoms with E-state index >= 15 is 0 Å². The molecule has 0 bridgehead atoms. The van der Waals surface area contributed by atoms with Gasteiger partial charge in [-0.25, -0.2) is 4.79 Å². The minimum absolute atomic E-state index is 0.0533. The molecule has 0 radical (unpaired) electrons. The van der Waals surface area contributed by atoms with E-state index in [1.54, 1.807) is 0 Å². The Labute approximate surface area is 155 Å². The van der Waals surface area contributed by atoms with Gasteiger partial charge < -0.3 is 10.1 Å².